The number of aryl methyl sites for hydroxylation is 1. The number of fused-ring (bicyclic) bond motifs is 1. The molecule has 0 aliphatic carbocycles. The summed E-state index contributed by atoms with van der Waals surface area (Å²) in [5, 5.41) is 11.1. The second-order valence-corrected chi connectivity index (χ2v) is 6.34. The molecule has 4 rings (SSSR count). The first-order valence-electron chi connectivity index (χ1n) is 8.55. The number of aromatic nitrogens is 3. The lowest BCUT2D eigenvalue weighted by molar-refractivity contribution is 0.102. The fraction of sp³-hybridized carbons (Fsp3) is 0.0952. The summed E-state index contributed by atoms with van der Waals surface area (Å²) in [5.74, 6) is -0.724. The number of anilines is 1. The van der Waals surface area contributed by atoms with Crippen molar-refractivity contribution in [1.82, 2.24) is 15.0 Å². The molecule has 0 unspecified atom stereocenters. The highest BCUT2D eigenvalue weighted by atomic mass is 19.1. The smallest absolute Gasteiger partial charge is 0.255 e. The first kappa shape index (κ1) is 16.9. The van der Waals surface area contributed by atoms with Crippen LogP contribution in [0.1, 0.15) is 21.5 Å². The topological polar surface area (TPSA) is 59.8 Å². The first-order chi connectivity index (χ1) is 13.1. The van der Waals surface area contributed by atoms with Crippen LogP contribution in [0.5, 0.6) is 0 Å². The highest BCUT2D eigenvalue weighted by Gasteiger charge is 2.11. The van der Waals surface area contributed by atoms with Crippen molar-refractivity contribution in [3.8, 4) is 0 Å². The van der Waals surface area contributed by atoms with Crippen LogP contribution in [-0.2, 0) is 6.54 Å². The molecule has 27 heavy (non-hydrogen) atoms. The summed E-state index contributed by atoms with van der Waals surface area (Å²) in [5.41, 5.74) is 4.68. The monoisotopic (exact) mass is 360 g/mol. The number of hydrogen-bond acceptors (Lipinski definition) is 3. The summed E-state index contributed by atoms with van der Waals surface area (Å²) in [6.45, 7) is 2.67. The van der Waals surface area contributed by atoms with Crippen LogP contribution < -0.4 is 5.32 Å². The molecule has 134 valence electrons. The van der Waals surface area contributed by atoms with Crippen molar-refractivity contribution in [3.63, 3.8) is 0 Å². The van der Waals surface area contributed by atoms with E-state index in [1.54, 1.807) is 24.3 Å². The number of carbonyl (C=O) groups excluding carboxylic acids is 1. The third-order valence-corrected chi connectivity index (χ3v) is 4.44. The summed E-state index contributed by atoms with van der Waals surface area (Å²) >= 11 is 0. The Bertz CT molecular complexity index is 1140. The molecule has 0 radical (unpaired) electrons. The molecule has 0 aliphatic heterocycles. The van der Waals surface area contributed by atoms with Crippen LogP contribution >= 0.6 is 0 Å². The Morgan fingerprint density at radius 2 is 1.93 bits per heavy atom. The van der Waals surface area contributed by atoms with Gasteiger partial charge in [-0.1, -0.05) is 35.5 Å². The number of rotatable bonds is 4. The van der Waals surface area contributed by atoms with E-state index in [0.717, 1.165) is 11.1 Å². The molecule has 0 atom stereocenters. The molecule has 0 saturated carbocycles. The third kappa shape index (κ3) is 3.55. The van der Waals surface area contributed by atoms with Crippen molar-refractivity contribution in [2.24, 2.45) is 0 Å². The molecule has 0 fully saturated rings. The average Bonchev–Trinajstić information content (AvgIpc) is 3.06. The van der Waals surface area contributed by atoms with Gasteiger partial charge in [0.05, 0.1) is 12.1 Å². The molecule has 0 bridgehead atoms. The van der Waals surface area contributed by atoms with Gasteiger partial charge in [0.15, 0.2) is 0 Å². The lowest BCUT2D eigenvalue weighted by Crippen LogP contribution is -2.12. The minimum atomic E-state index is -0.401. The number of halogens is 1. The molecular formula is C21H17FN4O. The van der Waals surface area contributed by atoms with Gasteiger partial charge in [-0.3, -0.25) is 4.79 Å². The van der Waals surface area contributed by atoms with Crippen molar-refractivity contribution >= 4 is 22.6 Å². The molecule has 1 aromatic heterocycles. The lowest BCUT2D eigenvalue weighted by Gasteiger charge is -2.07. The van der Waals surface area contributed by atoms with Crippen LogP contribution in [0.25, 0.3) is 11.0 Å². The summed E-state index contributed by atoms with van der Waals surface area (Å²) < 4.78 is 15.1. The Morgan fingerprint density at radius 3 is 2.74 bits per heavy atom. The zero-order valence-electron chi connectivity index (χ0n) is 14.7. The van der Waals surface area contributed by atoms with Crippen molar-refractivity contribution in [3.05, 3.63) is 89.2 Å². The summed E-state index contributed by atoms with van der Waals surface area (Å²) in [6, 6.07) is 19.1. The van der Waals surface area contributed by atoms with Crippen LogP contribution in [0.2, 0.25) is 0 Å². The SMILES string of the molecule is Cc1ccccc1Cn1nnc2cc(C(=O)Nc3cccc(F)c3)ccc21. The second kappa shape index (κ2) is 6.99. The number of amides is 1. The predicted octanol–water partition coefficient (Wildman–Crippen LogP) is 4.18. The molecule has 0 spiro atoms. The van der Waals surface area contributed by atoms with E-state index in [-0.39, 0.29) is 5.91 Å². The minimum Gasteiger partial charge on any atom is -0.322 e. The van der Waals surface area contributed by atoms with Gasteiger partial charge in [-0.15, -0.1) is 5.10 Å². The predicted molar refractivity (Wildman–Crippen MR) is 102 cm³/mol. The lowest BCUT2D eigenvalue weighted by atomic mass is 10.1. The quantitative estimate of drug-likeness (QED) is 0.594. The number of carbonyl (C=O) groups is 1. The van der Waals surface area contributed by atoms with Crippen LogP contribution in [0.15, 0.2) is 66.7 Å². The van der Waals surface area contributed by atoms with Gasteiger partial charge >= 0.3 is 0 Å². The Labute approximate surface area is 155 Å². The molecule has 0 saturated heterocycles. The highest BCUT2D eigenvalue weighted by Crippen LogP contribution is 2.18. The molecule has 1 N–H and O–H groups in total. The molecule has 3 aromatic carbocycles. The first-order valence-corrected chi connectivity index (χ1v) is 8.55. The number of nitrogens with zero attached hydrogens (tertiary/aromatic N) is 3. The van der Waals surface area contributed by atoms with Gasteiger partial charge in [0.25, 0.3) is 5.91 Å². The van der Waals surface area contributed by atoms with Crippen LogP contribution in [0.4, 0.5) is 10.1 Å². The normalized spacial score (nSPS) is 10.9. The van der Waals surface area contributed by atoms with Crippen molar-refractivity contribution in [2.75, 3.05) is 5.32 Å². The Morgan fingerprint density at radius 1 is 1.07 bits per heavy atom. The van der Waals surface area contributed by atoms with E-state index in [1.165, 1.54) is 17.7 Å². The summed E-state index contributed by atoms with van der Waals surface area (Å²) in [7, 11) is 0. The van der Waals surface area contributed by atoms with Gasteiger partial charge < -0.3 is 5.32 Å². The van der Waals surface area contributed by atoms with E-state index in [0.29, 0.717) is 23.3 Å². The largest absolute Gasteiger partial charge is 0.322 e. The zero-order valence-corrected chi connectivity index (χ0v) is 14.7. The van der Waals surface area contributed by atoms with Gasteiger partial charge in [0.1, 0.15) is 11.3 Å². The van der Waals surface area contributed by atoms with Gasteiger partial charge in [-0.25, -0.2) is 9.07 Å². The van der Waals surface area contributed by atoms with Gasteiger partial charge in [-0.2, -0.15) is 0 Å². The standard InChI is InChI=1S/C21H17FN4O/c1-14-5-2-3-6-16(14)13-26-20-10-9-15(11-19(20)24-25-26)21(27)23-18-8-4-7-17(22)12-18/h2-12H,13H2,1H3,(H,23,27). The van der Waals surface area contributed by atoms with E-state index in [1.807, 2.05) is 22.9 Å². The van der Waals surface area contributed by atoms with E-state index in [9.17, 15) is 9.18 Å². The van der Waals surface area contributed by atoms with Crippen molar-refractivity contribution in [2.45, 2.75) is 13.5 Å². The number of benzene rings is 3. The summed E-state index contributed by atoms with van der Waals surface area (Å²) in [6.07, 6.45) is 0. The van der Waals surface area contributed by atoms with Crippen LogP contribution in [0.3, 0.4) is 0 Å². The van der Waals surface area contributed by atoms with E-state index < -0.39 is 5.82 Å². The Balaban J connectivity index is 1.58. The maximum atomic E-state index is 13.3. The Hall–Kier alpha value is -3.54. The van der Waals surface area contributed by atoms with E-state index >= 15 is 0 Å². The maximum absolute atomic E-state index is 13.3. The molecule has 1 amide bonds. The number of nitrogens with one attached hydrogen (secondary N) is 1. The molecule has 4 aromatic rings. The van der Waals surface area contributed by atoms with Gasteiger partial charge in [0, 0.05) is 11.3 Å². The molecule has 5 nitrogen and oxygen atoms in total. The molecular weight excluding hydrogens is 343 g/mol. The van der Waals surface area contributed by atoms with Crippen LogP contribution in [0, 0.1) is 12.7 Å². The van der Waals surface area contributed by atoms with E-state index in [2.05, 4.69) is 34.7 Å². The second-order valence-electron chi connectivity index (χ2n) is 6.34. The number of hydrogen-bond donors (Lipinski definition) is 1. The van der Waals surface area contributed by atoms with E-state index in [4.69, 9.17) is 0 Å². The molecule has 6 heteroatoms. The van der Waals surface area contributed by atoms with Gasteiger partial charge in [-0.05, 0) is 54.4 Å². The fourth-order valence-corrected chi connectivity index (χ4v) is 2.95. The molecule has 0 aliphatic rings. The average molecular weight is 360 g/mol. The Kier molecular flexibility index (Phi) is 4.38. The van der Waals surface area contributed by atoms with Crippen molar-refractivity contribution < 1.29 is 9.18 Å². The van der Waals surface area contributed by atoms with Crippen molar-refractivity contribution in [1.29, 1.82) is 0 Å². The fourth-order valence-electron chi connectivity index (χ4n) is 2.95. The van der Waals surface area contributed by atoms with Crippen LogP contribution in [-0.4, -0.2) is 20.9 Å². The maximum Gasteiger partial charge on any atom is 0.255 e. The zero-order chi connectivity index (χ0) is 18.8. The summed E-state index contributed by atoms with van der Waals surface area (Å²) in [4.78, 5) is 12.4. The van der Waals surface area contributed by atoms with Gasteiger partial charge in [0.2, 0.25) is 0 Å². The third-order valence-electron chi connectivity index (χ3n) is 4.44. The highest BCUT2D eigenvalue weighted by molar-refractivity contribution is 6.05. The molecule has 1 heterocycles. The minimum absolute atomic E-state index is 0.323.